The van der Waals surface area contributed by atoms with Gasteiger partial charge in [-0.15, -0.1) is 0 Å². The van der Waals surface area contributed by atoms with Crippen molar-refractivity contribution in [1.82, 2.24) is 9.97 Å². The summed E-state index contributed by atoms with van der Waals surface area (Å²) in [5.41, 5.74) is 0. The molecule has 0 amide bonds. The largest absolute Gasteiger partial charge is 0.370 e. The zero-order valence-electron chi connectivity index (χ0n) is 11.7. The maximum absolute atomic E-state index is 4.48. The molecule has 0 aromatic carbocycles. The van der Waals surface area contributed by atoms with Gasteiger partial charge in [0, 0.05) is 26.8 Å². The summed E-state index contributed by atoms with van der Waals surface area (Å²) in [7, 11) is 3.92. The van der Waals surface area contributed by atoms with Crippen molar-refractivity contribution in [3.63, 3.8) is 0 Å². The number of anilines is 2. The van der Waals surface area contributed by atoms with E-state index in [0.29, 0.717) is 0 Å². The normalized spacial score (nSPS) is 23.7. The standard InChI is InChI=1S/C14H24N4/c1-11-4-6-12(7-5-11)10-16-13-8-9-15-14(17-13)18(2)3/h8-9,11-12H,4-7,10H2,1-3H3,(H,15,16,17). The molecule has 0 bridgehead atoms. The Kier molecular flexibility index (Phi) is 4.39. The molecule has 2 rings (SSSR count). The zero-order valence-corrected chi connectivity index (χ0v) is 11.7. The maximum Gasteiger partial charge on any atom is 0.226 e. The van der Waals surface area contributed by atoms with E-state index in [1.54, 1.807) is 0 Å². The molecule has 1 aliphatic carbocycles. The van der Waals surface area contributed by atoms with Gasteiger partial charge >= 0.3 is 0 Å². The molecule has 1 N–H and O–H groups in total. The Labute approximate surface area is 110 Å². The molecule has 0 spiro atoms. The Bertz CT molecular complexity index is 370. The minimum absolute atomic E-state index is 0.761. The minimum Gasteiger partial charge on any atom is -0.370 e. The summed E-state index contributed by atoms with van der Waals surface area (Å²) >= 11 is 0. The molecule has 0 unspecified atom stereocenters. The van der Waals surface area contributed by atoms with Gasteiger partial charge in [0.2, 0.25) is 5.95 Å². The van der Waals surface area contributed by atoms with Crippen LogP contribution >= 0.6 is 0 Å². The monoisotopic (exact) mass is 248 g/mol. The zero-order chi connectivity index (χ0) is 13.0. The molecule has 0 saturated heterocycles. The summed E-state index contributed by atoms with van der Waals surface area (Å²) in [5, 5.41) is 3.45. The first-order chi connectivity index (χ1) is 8.65. The Hall–Kier alpha value is -1.32. The van der Waals surface area contributed by atoms with E-state index in [2.05, 4.69) is 22.2 Å². The molecule has 1 aromatic heterocycles. The van der Waals surface area contributed by atoms with E-state index in [9.17, 15) is 0 Å². The molecule has 0 aliphatic heterocycles. The topological polar surface area (TPSA) is 41.1 Å². The molecule has 100 valence electrons. The van der Waals surface area contributed by atoms with Gasteiger partial charge in [-0.2, -0.15) is 4.98 Å². The van der Waals surface area contributed by atoms with Crippen molar-refractivity contribution < 1.29 is 0 Å². The average molecular weight is 248 g/mol. The smallest absolute Gasteiger partial charge is 0.226 e. The SMILES string of the molecule is CC1CCC(CNc2ccnc(N(C)C)n2)CC1. The van der Waals surface area contributed by atoms with E-state index in [1.807, 2.05) is 31.3 Å². The molecule has 1 heterocycles. The van der Waals surface area contributed by atoms with E-state index < -0.39 is 0 Å². The summed E-state index contributed by atoms with van der Waals surface area (Å²) in [6.45, 7) is 3.40. The number of nitrogens with zero attached hydrogens (tertiary/aromatic N) is 3. The molecule has 0 atom stereocenters. The van der Waals surface area contributed by atoms with Crippen molar-refractivity contribution in [3.8, 4) is 0 Å². The van der Waals surface area contributed by atoms with Crippen LogP contribution in [-0.2, 0) is 0 Å². The van der Waals surface area contributed by atoms with Gasteiger partial charge in [0.25, 0.3) is 0 Å². The molecule has 0 radical (unpaired) electrons. The lowest BCUT2D eigenvalue weighted by Crippen LogP contribution is -2.21. The molecule has 4 heteroatoms. The third-order valence-corrected chi connectivity index (χ3v) is 3.75. The number of hydrogen-bond acceptors (Lipinski definition) is 4. The van der Waals surface area contributed by atoms with Crippen LogP contribution < -0.4 is 10.2 Å². The van der Waals surface area contributed by atoms with Crippen LogP contribution in [0.5, 0.6) is 0 Å². The van der Waals surface area contributed by atoms with Gasteiger partial charge in [-0.3, -0.25) is 0 Å². The van der Waals surface area contributed by atoms with E-state index in [0.717, 1.165) is 30.1 Å². The molecular weight excluding hydrogens is 224 g/mol. The van der Waals surface area contributed by atoms with E-state index in [4.69, 9.17) is 0 Å². The Morgan fingerprint density at radius 3 is 2.67 bits per heavy atom. The fraction of sp³-hybridized carbons (Fsp3) is 0.714. The van der Waals surface area contributed by atoms with Crippen LogP contribution in [0.2, 0.25) is 0 Å². The highest BCUT2D eigenvalue weighted by Crippen LogP contribution is 2.28. The van der Waals surface area contributed by atoms with E-state index >= 15 is 0 Å². The molecule has 1 saturated carbocycles. The molecular formula is C14H24N4. The fourth-order valence-electron chi connectivity index (χ4n) is 2.44. The van der Waals surface area contributed by atoms with Crippen molar-refractivity contribution in [2.45, 2.75) is 32.6 Å². The highest BCUT2D eigenvalue weighted by molar-refractivity contribution is 5.40. The molecule has 18 heavy (non-hydrogen) atoms. The minimum atomic E-state index is 0.761. The Balaban J connectivity index is 1.84. The van der Waals surface area contributed by atoms with Crippen molar-refractivity contribution in [2.75, 3.05) is 30.9 Å². The highest BCUT2D eigenvalue weighted by Gasteiger charge is 2.17. The highest BCUT2D eigenvalue weighted by atomic mass is 15.2. The third-order valence-electron chi connectivity index (χ3n) is 3.75. The predicted molar refractivity (Wildman–Crippen MR) is 76.0 cm³/mol. The number of hydrogen-bond donors (Lipinski definition) is 1. The van der Waals surface area contributed by atoms with Crippen molar-refractivity contribution >= 4 is 11.8 Å². The van der Waals surface area contributed by atoms with Gasteiger partial charge in [0.05, 0.1) is 0 Å². The first-order valence-corrected chi connectivity index (χ1v) is 6.89. The van der Waals surface area contributed by atoms with Crippen molar-refractivity contribution in [3.05, 3.63) is 12.3 Å². The summed E-state index contributed by atoms with van der Waals surface area (Å²) < 4.78 is 0. The van der Waals surface area contributed by atoms with Crippen LogP contribution in [0.4, 0.5) is 11.8 Å². The number of aromatic nitrogens is 2. The number of nitrogens with one attached hydrogen (secondary N) is 1. The molecule has 4 nitrogen and oxygen atoms in total. The molecule has 1 aromatic rings. The van der Waals surface area contributed by atoms with Gasteiger partial charge in [-0.1, -0.05) is 19.8 Å². The molecule has 1 fully saturated rings. The van der Waals surface area contributed by atoms with Gasteiger partial charge < -0.3 is 10.2 Å². The predicted octanol–water partition coefficient (Wildman–Crippen LogP) is 2.78. The van der Waals surface area contributed by atoms with Crippen LogP contribution in [0.3, 0.4) is 0 Å². The van der Waals surface area contributed by atoms with Crippen molar-refractivity contribution in [2.24, 2.45) is 11.8 Å². The summed E-state index contributed by atoms with van der Waals surface area (Å²) in [6, 6.07) is 1.94. The van der Waals surface area contributed by atoms with Gasteiger partial charge in [-0.25, -0.2) is 4.98 Å². The maximum atomic E-state index is 4.48. The fourth-order valence-corrected chi connectivity index (χ4v) is 2.44. The average Bonchev–Trinajstić information content (AvgIpc) is 2.38. The van der Waals surface area contributed by atoms with Gasteiger partial charge in [-0.05, 0) is 30.7 Å². The van der Waals surface area contributed by atoms with E-state index in [-0.39, 0.29) is 0 Å². The first kappa shape index (κ1) is 13.1. The lowest BCUT2D eigenvalue weighted by molar-refractivity contribution is 0.300. The third kappa shape index (κ3) is 3.59. The van der Waals surface area contributed by atoms with Crippen LogP contribution in [0.1, 0.15) is 32.6 Å². The lowest BCUT2D eigenvalue weighted by atomic mass is 9.83. The summed E-state index contributed by atoms with van der Waals surface area (Å²) in [5.74, 6) is 3.42. The van der Waals surface area contributed by atoms with Gasteiger partial charge in [0.1, 0.15) is 5.82 Å². The first-order valence-electron chi connectivity index (χ1n) is 6.89. The Morgan fingerprint density at radius 2 is 2.00 bits per heavy atom. The quantitative estimate of drug-likeness (QED) is 0.889. The van der Waals surface area contributed by atoms with Crippen LogP contribution in [0, 0.1) is 11.8 Å². The summed E-state index contributed by atoms with van der Waals surface area (Å²) in [6.07, 6.45) is 7.26. The number of rotatable bonds is 4. The van der Waals surface area contributed by atoms with Crippen molar-refractivity contribution in [1.29, 1.82) is 0 Å². The van der Waals surface area contributed by atoms with Crippen LogP contribution in [-0.4, -0.2) is 30.6 Å². The van der Waals surface area contributed by atoms with Crippen LogP contribution in [0.25, 0.3) is 0 Å². The molecule has 1 aliphatic rings. The van der Waals surface area contributed by atoms with E-state index in [1.165, 1.54) is 25.7 Å². The summed E-state index contributed by atoms with van der Waals surface area (Å²) in [4.78, 5) is 10.6. The lowest BCUT2D eigenvalue weighted by Gasteiger charge is -2.26. The second kappa shape index (κ2) is 6.03. The second-order valence-corrected chi connectivity index (χ2v) is 5.64. The Morgan fingerprint density at radius 1 is 1.28 bits per heavy atom. The van der Waals surface area contributed by atoms with Crippen LogP contribution in [0.15, 0.2) is 12.3 Å². The van der Waals surface area contributed by atoms with Gasteiger partial charge in [0.15, 0.2) is 0 Å². The second-order valence-electron chi connectivity index (χ2n) is 5.64.